The molecule has 1 amide bonds. The molecular formula is C32H39N5O. The number of hydrogen-bond acceptors (Lipinski definition) is 4. The van der Waals surface area contributed by atoms with Gasteiger partial charge in [0.25, 0.3) is 0 Å². The number of piperidine rings is 1. The zero-order chi connectivity index (χ0) is 25.9. The third-order valence-electron chi connectivity index (χ3n) is 8.37. The maximum atomic E-state index is 12.6. The van der Waals surface area contributed by atoms with Gasteiger partial charge < -0.3 is 14.4 Å². The van der Waals surface area contributed by atoms with Gasteiger partial charge in [0, 0.05) is 68.2 Å². The largest absolute Gasteiger partial charge is 0.354 e. The maximum Gasteiger partial charge on any atom is 0.222 e. The number of rotatable bonds is 7. The number of aromatic nitrogens is 2. The lowest BCUT2D eigenvalue weighted by molar-refractivity contribution is -0.132. The second kappa shape index (κ2) is 11.2. The van der Waals surface area contributed by atoms with Crippen LogP contribution in [0.15, 0.2) is 60.8 Å². The van der Waals surface area contributed by atoms with Gasteiger partial charge in [-0.25, -0.2) is 4.98 Å². The number of hydrogen-bond donors (Lipinski definition) is 0. The molecule has 38 heavy (non-hydrogen) atoms. The molecule has 4 aromatic rings. The molecule has 2 aliphatic rings. The third kappa shape index (κ3) is 5.28. The number of piperazine rings is 1. The topological polar surface area (TPSA) is 44.6 Å². The first-order chi connectivity index (χ1) is 18.7. The Kier molecular flexibility index (Phi) is 7.32. The zero-order valence-electron chi connectivity index (χ0n) is 22.6. The molecule has 2 saturated heterocycles. The molecule has 0 aliphatic carbocycles. The van der Waals surface area contributed by atoms with Gasteiger partial charge >= 0.3 is 0 Å². The summed E-state index contributed by atoms with van der Waals surface area (Å²) in [5.74, 6) is 1.43. The van der Waals surface area contributed by atoms with Gasteiger partial charge in [-0.1, -0.05) is 36.4 Å². The van der Waals surface area contributed by atoms with E-state index in [0.29, 0.717) is 12.3 Å². The third-order valence-corrected chi connectivity index (χ3v) is 8.37. The summed E-state index contributed by atoms with van der Waals surface area (Å²) in [6.07, 6.45) is 8.44. The minimum Gasteiger partial charge on any atom is -0.354 e. The lowest BCUT2D eigenvalue weighted by Gasteiger charge is -2.35. The summed E-state index contributed by atoms with van der Waals surface area (Å²) >= 11 is 0. The predicted octanol–water partition coefficient (Wildman–Crippen LogP) is 5.61. The van der Waals surface area contributed by atoms with E-state index in [9.17, 15) is 4.79 Å². The Hall–Kier alpha value is -3.38. The highest BCUT2D eigenvalue weighted by Gasteiger charge is 2.21. The average molecular weight is 510 g/mol. The molecule has 0 unspecified atom stereocenters. The highest BCUT2D eigenvalue weighted by Crippen LogP contribution is 2.26. The van der Waals surface area contributed by atoms with Crippen LogP contribution in [0.5, 0.6) is 0 Å². The monoisotopic (exact) mass is 509 g/mol. The van der Waals surface area contributed by atoms with Crippen molar-refractivity contribution in [1.29, 1.82) is 0 Å². The van der Waals surface area contributed by atoms with Gasteiger partial charge in [-0.05, 0) is 68.4 Å². The first kappa shape index (κ1) is 24.9. The van der Waals surface area contributed by atoms with E-state index in [4.69, 9.17) is 4.98 Å². The van der Waals surface area contributed by atoms with E-state index in [1.807, 2.05) is 0 Å². The van der Waals surface area contributed by atoms with Crippen LogP contribution in [0.1, 0.15) is 43.2 Å². The first-order valence-corrected chi connectivity index (χ1v) is 14.3. The maximum absolute atomic E-state index is 12.6. The second-order valence-corrected chi connectivity index (χ2v) is 11.0. The summed E-state index contributed by atoms with van der Waals surface area (Å²) in [5.41, 5.74) is 5.02. The highest BCUT2D eigenvalue weighted by molar-refractivity contribution is 5.85. The summed E-state index contributed by atoms with van der Waals surface area (Å²) in [6, 6.07) is 19.4. The molecular weight excluding hydrogens is 470 g/mol. The number of benzene rings is 2. The lowest BCUT2D eigenvalue weighted by atomic mass is 10.1. The molecule has 2 aliphatic heterocycles. The Morgan fingerprint density at radius 3 is 2.42 bits per heavy atom. The number of fused-ring (bicyclic) bond motifs is 2. The number of anilines is 1. The van der Waals surface area contributed by atoms with Crippen LogP contribution in [0, 0.1) is 6.92 Å². The zero-order valence-corrected chi connectivity index (χ0v) is 22.6. The Bertz CT molecular complexity index is 1410. The summed E-state index contributed by atoms with van der Waals surface area (Å²) < 4.78 is 2.41. The van der Waals surface area contributed by atoms with Gasteiger partial charge in [-0.15, -0.1) is 0 Å². The van der Waals surface area contributed by atoms with E-state index in [1.165, 1.54) is 33.8 Å². The van der Waals surface area contributed by atoms with Crippen LogP contribution in [-0.4, -0.2) is 64.5 Å². The van der Waals surface area contributed by atoms with Crippen molar-refractivity contribution in [1.82, 2.24) is 19.4 Å². The van der Waals surface area contributed by atoms with Crippen molar-refractivity contribution in [2.24, 2.45) is 0 Å². The molecule has 6 heteroatoms. The van der Waals surface area contributed by atoms with Crippen LogP contribution in [0.2, 0.25) is 0 Å². The van der Waals surface area contributed by atoms with Crippen molar-refractivity contribution >= 4 is 33.5 Å². The Morgan fingerprint density at radius 2 is 1.61 bits per heavy atom. The number of carbonyl (C=O) groups excluding carboxylic acids is 1. The average Bonchev–Trinajstić information content (AvgIpc) is 3.31. The molecule has 198 valence electrons. The van der Waals surface area contributed by atoms with E-state index in [-0.39, 0.29) is 0 Å². The van der Waals surface area contributed by atoms with Crippen molar-refractivity contribution in [3.05, 3.63) is 71.9 Å². The molecule has 2 fully saturated rings. The Balaban J connectivity index is 1.08. The van der Waals surface area contributed by atoms with Crippen LogP contribution >= 0.6 is 0 Å². The van der Waals surface area contributed by atoms with Gasteiger partial charge in [-0.2, -0.15) is 0 Å². The Labute approximate surface area is 225 Å². The molecule has 6 rings (SSSR count). The van der Waals surface area contributed by atoms with Crippen molar-refractivity contribution in [3.8, 4) is 0 Å². The van der Waals surface area contributed by atoms with Crippen LogP contribution < -0.4 is 4.90 Å². The highest BCUT2D eigenvalue weighted by atomic mass is 16.2. The number of aryl methyl sites for hydroxylation is 2. The summed E-state index contributed by atoms with van der Waals surface area (Å²) in [5, 5.41) is 2.56. The molecule has 2 aromatic heterocycles. The fourth-order valence-electron chi connectivity index (χ4n) is 6.20. The number of nitrogens with zero attached hydrogens (tertiary/aromatic N) is 5. The number of carbonyl (C=O) groups is 1. The Morgan fingerprint density at radius 1 is 0.868 bits per heavy atom. The second-order valence-electron chi connectivity index (χ2n) is 11.0. The van der Waals surface area contributed by atoms with Crippen molar-refractivity contribution in [2.75, 3.05) is 44.2 Å². The van der Waals surface area contributed by atoms with Gasteiger partial charge in [0.1, 0.15) is 5.82 Å². The van der Waals surface area contributed by atoms with Crippen molar-refractivity contribution in [3.63, 3.8) is 0 Å². The van der Waals surface area contributed by atoms with Crippen LogP contribution in [0.25, 0.3) is 21.8 Å². The summed E-state index contributed by atoms with van der Waals surface area (Å²) in [4.78, 5) is 24.6. The van der Waals surface area contributed by atoms with Gasteiger partial charge in [0.15, 0.2) is 0 Å². The van der Waals surface area contributed by atoms with E-state index in [1.54, 1.807) is 0 Å². The smallest absolute Gasteiger partial charge is 0.222 e. The standard InChI is InChI=1S/C32H39N5O/c1-25-22-31(33-29-13-5-3-11-27(25)29)35-20-18-34(19-21-35)24-37-23-26(28-12-4-6-14-30(28)37)10-9-15-32(38)36-16-7-2-8-17-36/h3-6,11-14,22-23H,2,7-10,15-21,24H2,1H3. The number of pyridine rings is 1. The van der Waals surface area contributed by atoms with Gasteiger partial charge in [0.05, 0.1) is 12.2 Å². The van der Waals surface area contributed by atoms with Crippen molar-refractivity contribution in [2.45, 2.75) is 52.1 Å². The van der Waals surface area contributed by atoms with E-state index < -0.39 is 0 Å². The molecule has 0 radical (unpaired) electrons. The summed E-state index contributed by atoms with van der Waals surface area (Å²) in [6.45, 7) is 8.96. The SMILES string of the molecule is Cc1cc(N2CCN(Cn3cc(CCCC(=O)N4CCCCC4)c4ccccc43)CC2)nc2ccccc12. The molecule has 0 bridgehead atoms. The van der Waals surface area contributed by atoms with E-state index in [0.717, 1.165) is 83.0 Å². The normalized spacial score (nSPS) is 17.0. The molecule has 4 heterocycles. The molecule has 0 spiro atoms. The van der Waals surface area contributed by atoms with E-state index in [2.05, 4.69) is 87.0 Å². The quantitative estimate of drug-likeness (QED) is 0.325. The fraction of sp³-hybridized carbons (Fsp3) is 0.438. The van der Waals surface area contributed by atoms with Gasteiger partial charge in [-0.3, -0.25) is 9.69 Å². The summed E-state index contributed by atoms with van der Waals surface area (Å²) in [7, 11) is 0. The minimum atomic E-state index is 0.336. The number of para-hydroxylation sites is 2. The van der Waals surface area contributed by atoms with E-state index >= 15 is 0 Å². The molecule has 6 nitrogen and oxygen atoms in total. The van der Waals surface area contributed by atoms with Crippen LogP contribution in [-0.2, 0) is 17.9 Å². The minimum absolute atomic E-state index is 0.336. The molecule has 0 saturated carbocycles. The van der Waals surface area contributed by atoms with Crippen LogP contribution in [0.3, 0.4) is 0 Å². The molecule has 0 N–H and O–H groups in total. The first-order valence-electron chi connectivity index (χ1n) is 14.3. The molecule has 2 aromatic carbocycles. The fourth-order valence-corrected chi connectivity index (χ4v) is 6.20. The number of amides is 1. The van der Waals surface area contributed by atoms with Crippen molar-refractivity contribution < 1.29 is 4.79 Å². The van der Waals surface area contributed by atoms with Crippen LogP contribution in [0.4, 0.5) is 5.82 Å². The number of likely N-dealkylation sites (tertiary alicyclic amines) is 1. The lowest BCUT2D eigenvalue weighted by Crippen LogP contribution is -2.47. The predicted molar refractivity (Wildman–Crippen MR) is 156 cm³/mol. The van der Waals surface area contributed by atoms with Gasteiger partial charge in [0.2, 0.25) is 5.91 Å². The molecule has 0 atom stereocenters.